The molecule has 0 aromatic heterocycles. The maximum atomic E-state index is 12.1. The first-order chi connectivity index (χ1) is 11.0. The molecule has 0 saturated carbocycles. The molecule has 1 aromatic rings. The Morgan fingerprint density at radius 3 is 2.48 bits per heavy atom. The van der Waals surface area contributed by atoms with Crippen molar-refractivity contribution in [3.63, 3.8) is 0 Å². The highest BCUT2D eigenvalue weighted by Gasteiger charge is 2.21. The quantitative estimate of drug-likeness (QED) is 0.485. The molecule has 23 heavy (non-hydrogen) atoms. The number of esters is 2. The first kappa shape index (κ1) is 16.3. The number of hydrogen-bond donors (Lipinski definition) is 0. The van der Waals surface area contributed by atoms with E-state index in [0.29, 0.717) is 29.6 Å². The molecule has 0 aliphatic heterocycles. The standard InChI is InChI=1S/C20H16O3/c1-4-6-16-7-10-17(11-8-16)19(21)23-20(22)18-12-9-15(5-2)13-14(18)3/h1,5,7-12H,2-3,6,13H2. The minimum absolute atomic E-state index is 0.295. The van der Waals surface area contributed by atoms with Crippen LogP contribution in [-0.4, -0.2) is 11.9 Å². The smallest absolute Gasteiger partial charge is 0.346 e. The summed E-state index contributed by atoms with van der Waals surface area (Å²) in [7, 11) is 0. The third kappa shape index (κ3) is 3.96. The Morgan fingerprint density at radius 1 is 1.22 bits per heavy atom. The molecule has 3 heteroatoms. The molecule has 3 nitrogen and oxygen atoms in total. The number of carbonyl (C=O) groups excluding carboxylic acids is 2. The van der Waals surface area contributed by atoms with Gasteiger partial charge in [0, 0.05) is 6.42 Å². The Bertz CT molecular complexity index is 768. The number of terminal acetylenes is 1. The lowest BCUT2D eigenvalue weighted by molar-refractivity contribution is -0.133. The molecule has 0 unspecified atom stereocenters. The van der Waals surface area contributed by atoms with Gasteiger partial charge >= 0.3 is 11.9 Å². The molecule has 0 fully saturated rings. The van der Waals surface area contributed by atoms with Crippen molar-refractivity contribution in [3.8, 4) is 12.3 Å². The fourth-order valence-electron chi connectivity index (χ4n) is 2.14. The molecular weight excluding hydrogens is 288 g/mol. The predicted molar refractivity (Wildman–Crippen MR) is 89.5 cm³/mol. The van der Waals surface area contributed by atoms with Crippen molar-refractivity contribution in [3.05, 3.63) is 83.5 Å². The Morgan fingerprint density at radius 2 is 1.91 bits per heavy atom. The van der Waals surface area contributed by atoms with Crippen LogP contribution in [0.2, 0.25) is 0 Å². The second-order valence-electron chi connectivity index (χ2n) is 5.06. The van der Waals surface area contributed by atoms with Gasteiger partial charge in [-0.2, -0.15) is 0 Å². The molecule has 1 aliphatic rings. The van der Waals surface area contributed by atoms with E-state index in [0.717, 1.165) is 11.1 Å². The van der Waals surface area contributed by atoms with Gasteiger partial charge in [-0.05, 0) is 41.3 Å². The number of hydrogen-bond acceptors (Lipinski definition) is 3. The molecular formula is C20H16O3. The van der Waals surface area contributed by atoms with E-state index >= 15 is 0 Å². The molecule has 114 valence electrons. The zero-order valence-electron chi connectivity index (χ0n) is 12.7. The van der Waals surface area contributed by atoms with E-state index in [4.69, 9.17) is 11.2 Å². The average molecular weight is 304 g/mol. The van der Waals surface area contributed by atoms with Crippen LogP contribution >= 0.6 is 0 Å². The Balaban J connectivity index is 2.08. The van der Waals surface area contributed by atoms with Crippen molar-refractivity contribution in [1.82, 2.24) is 0 Å². The number of carbonyl (C=O) groups is 2. The lowest BCUT2D eigenvalue weighted by Gasteiger charge is -2.14. The monoisotopic (exact) mass is 304 g/mol. The van der Waals surface area contributed by atoms with Crippen molar-refractivity contribution in [2.45, 2.75) is 12.8 Å². The van der Waals surface area contributed by atoms with Crippen molar-refractivity contribution >= 4 is 11.9 Å². The normalized spacial score (nSPS) is 13.4. The summed E-state index contributed by atoms with van der Waals surface area (Å²) in [6.07, 6.45) is 11.3. The molecule has 0 bridgehead atoms. The van der Waals surface area contributed by atoms with E-state index in [9.17, 15) is 9.59 Å². The van der Waals surface area contributed by atoms with Crippen molar-refractivity contribution in [1.29, 1.82) is 0 Å². The fraction of sp³-hybridized carbons (Fsp3) is 0.100. The second-order valence-corrected chi connectivity index (χ2v) is 5.06. The van der Waals surface area contributed by atoms with Crippen LogP contribution in [0.5, 0.6) is 0 Å². The first-order valence-corrected chi connectivity index (χ1v) is 7.05. The minimum atomic E-state index is -0.702. The number of benzene rings is 1. The molecule has 1 aromatic carbocycles. The van der Waals surface area contributed by atoms with Gasteiger partial charge in [0.15, 0.2) is 0 Å². The predicted octanol–water partition coefficient (Wildman–Crippen LogP) is 3.54. The molecule has 0 spiro atoms. The van der Waals surface area contributed by atoms with E-state index in [1.54, 1.807) is 42.5 Å². The highest BCUT2D eigenvalue weighted by molar-refractivity contribution is 6.04. The van der Waals surface area contributed by atoms with Gasteiger partial charge in [-0.25, -0.2) is 9.59 Å². The van der Waals surface area contributed by atoms with Gasteiger partial charge in [0.05, 0.1) is 11.1 Å². The number of ether oxygens (including phenoxy) is 1. The van der Waals surface area contributed by atoms with Gasteiger partial charge in [0.2, 0.25) is 0 Å². The Hall–Kier alpha value is -3.12. The van der Waals surface area contributed by atoms with Crippen LogP contribution in [0, 0.1) is 12.3 Å². The zero-order valence-corrected chi connectivity index (χ0v) is 12.7. The Kier molecular flexibility index (Phi) is 5.11. The van der Waals surface area contributed by atoms with Gasteiger partial charge in [0.25, 0.3) is 0 Å². The first-order valence-electron chi connectivity index (χ1n) is 7.05. The second kappa shape index (κ2) is 7.24. The summed E-state index contributed by atoms with van der Waals surface area (Å²) in [5, 5.41) is 0. The molecule has 0 heterocycles. The summed E-state index contributed by atoms with van der Waals surface area (Å²) >= 11 is 0. The van der Waals surface area contributed by atoms with Crippen LogP contribution in [0.4, 0.5) is 0 Å². The van der Waals surface area contributed by atoms with Crippen LogP contribution < -0.4 is 0 Å². The maximum absolute atomic E-state index is 12.1. The van der Waals surface area contributed by atoms with Crippen LogP contribution in [0.3, 0.4) is 0 Å². The van der Waals surface area contributed by atoms with Crippen molar-refractivity contribution < 1.29 is 14.3 Å². The van der Waals surface area contributed by atoms with Crippen LogP contribution in [0.15, 0.2) is 72.4 Å². The fourth-order valence-corrected chi connectivity index (χ4v) is 2.14. The van der Waals surface area contributed by atoms with E-state index in [1.165, 1.54) is 0 Å². The zero-order chi connectivity index (χ0) is 16.8. The SMILES string of the molecule is C#CCc1ccc(C(=O)OC(=O)C2=CC=C(C=C)CC2=C)cc1. The summed E-state index contributed by atoms with van der Waals surface area (Å²) in [5.74, 6) is 1.12. The van der Waals surface area contributed by atoms with E-state index in [-0.39, 0.29) is 0 Å². The van der Waals surface area contributed by atoms with E-state index in [2.05, 4.69) is 19.1 Å². The van der Waals surface area contributed by atoms with Crippen molar-refractivity contribution in [2.75, 3.05) is 0 Å². The van der Waals surface area contributed by atoms with Crippen LogP contribution in [0.1, 0.15) is 22.3 Å². The summed E-state index contributed by atoms with van der Waals surface area (Å²) in [5.41, 5.74) is 3.07. The number of rotatable bonds is 4. The minimum Gasteiger partial charge on any atom is -0.386 e. The van der Waals surface area contributed by atoms with Crippen molar-refractivity contribution in [2.24, 2.45) is 0 Å². The lowest BCUT2D eigenvalue weighted by atomic mass is 9.94. The Labute approximate surface area is 135 Å². The van der Waals surface area contributed by atoms with E-state index < -0.39 is 11.9 Å². The molecule has 0 N–H and O–H groups in total. The highest BCUT2D eigenvalue weighted by Crippen LogP contribution is 2.24. The molecule has 0 radical (unpaired) electrons. The van der Waals surface area contributed by atoms with Crippen LogP contribution in [0.25, 0.3) is 0 Å². The maximum Gasteiger partial charge on any atom is 0.346 e. The molecule has 1 aliphatic carbocycles. The van der Waals surface area contributed by atoms with Gasteiger partial charge in [-0.1, -0.05) is 37.4 Å². The summed E-state index contributed by atoms with van der Waals surface area (Å²) in [6, 6.07) is 6.64. The van der Waals surface area contributed by atoms with Gasteiger partial charge in [0.1, 0.15) is 0 Å². The average Bonchev–Trinajstić information content (AvgIpc) is 2.55. The van der Waals surface area contributed by atoms with Gasteiger partial charge < -0.3 is 4.74 Å². The third-order valence-electron chi connectivity index (χ3n) is 3.43. The summed E-state index contributed by atoms with van der Waals surface area (Å²) in [4.78, 5) is 24.1. The number of allylic oxidation sites excluding steroid dienone is 4. The molecule has 0 atom stereocenters. The molecule has 0 amide bonds. The highest BCUT2D eigenvalue weighted by atomic mass is 16.6. The summed E-state index contributed by atoms with van der Waals surface area (Å²) < 4.78 is 4.91. The lowest BCUT2D eigenvalue weighted by Crippen LogP contribution is -2.16. The molecule has 2 rings (SSSR count). The van der Waals surface area contributed by atoms with E-state index in [1.807, 2.05) is 0 Å². The van der Waals surface area contributed by atoms with Gasteiger partial charge in [-0.15, -0.1) is 12.3 Å². The van der Waals surface area contributed by atoms with Crippen LogP contribution in [-0.2, 0) is 16.0 Å². The largest absolute Gasteiger partial charge is 0.386 e. The van der Waals surface area contributed by atoms with Gasteiger partial charge in [-0.3, -0.25) is 0 Å². The topological polar surface area (TPSA) is 43.4 Å². The molecule has 0 saturated heterocycles. The summed E-state index contributed by atoms with van der Waals surface area (Å²) in [6.45, 7) is 7.51. The third-order valence-corrected chi connectivity index (χ3v) is 3.43.